The average Bonchev–Trinajstić information content (AvgIpc) is 3.07. The monoisotopic (exact) mass is 336 g/mol. The molecule has 0 atom stereocenters. The van der Waals surface area contributed by atoms with E-state index in [2.05, 4.69) is 16.8 Å². The molecule has 1 aliphatic heterocycles. The van der Waals surface area contributed by atoms with Gasteiger partial charge < -0.3 is 9.52 Å². The molecule has 2 aromatic rings. The Hall–Kier alpha value is -1.79. The Bertz CT molecular complexity index is 688. The van der Waals surface area contributed by atoms with Crippen LogP contribution in [-0.4, -0.2) is 34.7 Å². The van der Waals surface area contributed by atoms with Crippen LogP contribution in [0.3, 0.4) is 0 Å². The molecule has 6 heteroatoms. The third-order valence-electron chi connectivity index (χ3n) is 5.11. The third-order valence-corrected chi connectivity index (χ3v) is 5.11. The van der Waals surface area contributed by atoms with Crippen LogP contribution in [0.1, 0.15) is 31.9 Å². The molecule has 0 saturated carbocycles. The molecule has 0 aliphatic carbocycles. The number of aromatic nitrogens is 1. The Labute approximate surface area is 140 Å². The van der Waals surface area contributed by atoms with E-state index in [0.29, 0.717) is 18.0 Å². The molecule has 130 valence electrons. The van der Waals surface area contributed by atoms with Gasteiger partial charge in [-0.3, -0.25) is 4.90 Å². The molecule has 24 heavy (non-hydrogen) atoms. The first kappa shape index (κ1) is 17.0. The van der Waals surface area contributed by atoms with Crippen LogP contribution in [0, 0.1) is 17.0 Å². The van der Waals surface area contributed by atoms with Gasteiger partial charge in [0.15, 0.2) is 11.6 Å². The van der Waals surface area contributed by atoms with Crippen molar-refractivity contribution in [3.05, 3.63) is 41.8 Å². The van der Waals surface area contributed by atoms with Crippen molar-refractivity contribution < 1.29 is 18.3 Å². The molecular weight excluding hydrogens is 314 g/mol. The second-order valence-corrected chi connectivity index (χ2v) is 6.56. The number of oxazole rings is 1. The van der Waals surface area contributed by atoms with Crippen molar-refractivity contribution in [1.29, 1.82) is 0 Å². The maximum atomic E-state index is 13.3. The van der Waals surface area contributed by atoms with E-state index >= 15 is 0 Å². The number of aliphatic hydroxyl groups is 1. The minimum atomic E-state index is -0.914. The largest absolute Gasteiger partial charge is 0.444 e. The van der Waals surface area contributed by atoms with Gasteiger partial charge in [0.05, 0.1) is 5.69 Å². The lowest BCUT2D eigenvalue weighted by atomic mass is 9.77. The first-order chi connectivity index (χ1) is 11.5. The zero-order valence-corrected chi connectivity index (χ0v) is 13.8. The lowest BCUT2D eigenvalue weighted by molar-refractivity contribution is 0.0378. The highest BCUT2D eigenvalue weighted by molar-refractivity contribution is 5.53. The van der Waals surface area contributed by atoms with Gasteiger partial charge in [0.2, 0.25) is 5.89 Å². The molecular formula is C18H22F2N2O2. The van der Waals surface area contributed by atoms with Crippen LogP contribution in [-0.2, 0) is 6.54 Å². The summed E-state index contributed by atoms with van der Waals surface area (Å²) in [5.41, 5.74) is 1.24. The molecule has 1 aromatic carbocycles. The van der Waals surface area contributed by atoms with E-state index in [9.17, 15) is 13.9 Å². The quantitative estimate of drug-likeness (QED) is 0.906. The fraction of sp³-hybridized carbons (Fsp3) is 0.500. The Morgan fingerprint density at radius 2 is 2.00 bits per heavy atom. The summed E-state index contributed by atoms with van der Waals surface area (Å²) in [6.07, 6.45) is 4.48. The van der Waals surface area contributed by atoms with Crippen molar-refractivity contribution in [3.63, 3.8) is 0 Å². The van der Waals surface area contributed by atoms with E-state index in [0.717, 1.165) is 50.2 Å². The SMILES string of the molecule is CCC1(CO)CCN(Cc2coc(-c3ccc(F)c(F)c3)n2)CC1. The smallest absolute Gasteiger partial charge is 0.226 e. The Kier molecular flexibility index (Phi) is 4.96. The number of hydrogen-bond donors (Lipinski definition) is 1. The second-order valence-electron chi connectivity index (χ2n) is 6.56. The molecule has 2 heterocycles. The van der Waals surface area contributed by atoms with Gasteiger partial charge in [-0.1, -0.05) is 6.92 Å². The van der Waals surface area contributed by atoms with E-state index in [1.165, 1.54) is 6.07 Å². The Morgan fingerprint density at radius 1 is 1.25 bits per heavy atom. The van der Waals surface area contributed by atoms with Crippen LogP contribution in [0.15, 0.2) is 28.9 Å². The molecule has 0 amide bonds. The number of rotatable bonds is 5. The highest BCUT2D eigenvalue weighted by Gasteiger charge is 2.32. The normalized spacial score (nSPS) is 18.0. The fourth-order valence-electron chi connectivity index (χ4n) is 3.18. The molecule has 0 unspecified atom stereocenters. The lowest BCUT2D eigenvalue weighted by Gasteiger charge is -2.39. The number of aliphatic hydroxyl groups excluding tert-OH is 1. The molecule has 4 nitrogen and oxygen atoms in total. The van der Waals surface area contributed by atoms with Crippen molar-refractivity contribution in [2.24, 2.45) is 5.41 Å². The zero-order valence-electron chi connectivity index (χ0n) is 13.8. The summed E-state index contributed by atoms with van der Waals surface area (Å²) in [5.74, 6) is -1.51. The van der Waals surface area contributed by atoms with Gasteiger partial charge in [0.1, 0.15) is 6.26 Å². The minimum absolute atomic E-state index is 0.0527. The Morgan fingerprint density at radius 3 is 2.62 bits per heavy atom. The zero-order chi connectivity index (χ0) is 17.2. The van der Waals surface area contributed by atoms with Crippen molar-refractivity contribution in [3.8, 4) is 11.5 Å². The summed E-state index contributed by atoms with van der Waals surface area (Å²) >= 11 is 0. The van der Waals surface area contributed by atoms with Crippen molar-refractivity contribution >= 4 is 0 Å². The van der Waals surface area contributed by atoms with Gasteiger partial charge in [-0.2, -0.15) is 0 Å². The summed E-state index contributed by atoms with van der Waals surface area (Å²) in [6.45, 7) is 4.82. The van der Waals surface area contributed by atoms with Gasteiger partial charge in [-0.15, -0.1) is 0 Å². The molecule has 1 saturated heterocycles. The maximum absolute atomic E-state index is 13.3. The first-order valence-electron chi connectivity index (χ1n) is 8.28. The summed E-state index contributed by atoms with van der Waals surface area (Å²) in [6, 6.07) is 3.60. The first-order valence-corrected chi connectivity index (χ1v) is 8.28. The van der Waals surface area contributed by atoms with E-state index < -0.39 is 11.6 Å². The number of nitrogens with zero attached hydrogens (tertiary/aromatic N) is 2. The average molecular weight is 336 g/mol. The maximum Gasteiger partial charge on any atom is 0.226 e. The number of likely N-dealkylation sites (tertiary alicyclic amines) is 1. The lowest BCUT2D eigenvalue weighted by Crippen LogP contribution is -2.41. The highest BCUT2D eigenvalue weighted by Crippen LogP contribution is 2.34. The number of hydrogen-bond acceptors (Lipinski definition) is 4. The van der Waals surface area contributed by atoms with Crippen LogP contribution in [0.2, 0.25) is 0 Å². The van der Waals surface area contributed by atoms with Crippen LogP contribution < -0.4 is 0 Å². The van der Waals surface area contributed by atoms with Crippen molar-refractivity contribution in [1.82, 2.24) is 9.88 Å². The summed E-state index contributed by atoms with van der Waals surface area (Å²) in [4.78, 5) is 6.65. The molecule has 1 aromatic heterocycles. The third kappa shape index (κ3) is 3.49. The van der Waals surface area contributed by atoms with Crippen LogP contribution >= 0.6 is 0 Å². The van der Waals surface area contributed by atoms with Gasteiger partial charge in [-0.25, -0.2) is 13.8 Å². The van der Waals surface area contributed by atoms with Gasteiger partial charge in [-0.05, 0) is 56.0 Å². The van der Waals surface area contributed by atoms with E-state index in [4.69, 9.17) is 4.42 Å². The highest BCUT2D eigenvalue weighted by atomic mass is 19.2. The van der Waals surface area contributed by atoms with Crippen molar-refractivity contribution in [2.75, 3.05) is 19.7 Å². The molecule has 0 bridgehead atoms. The number of piperidine rings is 1. The summed E-state index contributed by atoms with van der Waals surface area (Å²) in [5, 5.41) is 9.59. The molecule has 1 N–H and O–H groups in total. The standard InChI is InChI=1S/C18H22F2N2O2/c1-2-18(12-23)5-7-22(8-6-18)10-14-11-24-17(21-14)13-3-4-15(19)16(20)9-13/h3-4,9,11,23H,2,5-8,10,12H2,1H3. The minimum Gasteiger partial charge on any atom is -0.444 e. The molecule has 3 rings (SSSR count). The summed E-state index contributed by atoms with van der Waals surface area (Å²) < 4.78 is 31.7. The van der Waals surface area contributed by atoms with E-state index in [-0.39, 0.29) is 12.0 Å². The summed E-state index contributed by atoms with van der Waals surface area (Å²) in [7, 11) is 0. The van der Waals surface area contributed by atoms with Crippen molar-refractivity contribution in [2.45, 2.75) is 32.7 Å². The molecule has 1 fully saturated rings. The number of benzene rings is 1. The predicted octanol–water partition coefficient (Wildman–Crippen LogP) is 3.60. The fourth-order valence-corrected chi connectivity index (χ4v) is 3.18. The predicted molar refractivity (Wildman–Crippen MR) is 86.2 cm³/mol. The van der Waals surface area contributed by atoms with Gasteiger partial charge in [0, 0.05) is 18.7 Å². The molecule has 0 radical (unpaired) electrons. The topological polar surface area (TPSA) is 49.5 Å². The van der Waals surface area contributed by atoms with Gasteiger partial charge >= 0.3 is 0 Å². The molecule has 1 aliphatic rings. The van der Waals surface area contributed by atoms with Crippen LogP contribution in [0.5, 0.6) is 0 Å². The Balaban J connectivity index is 1.64. The van der Waals surface area contributed by atoms with Gasteiger partial charge in [0.25, 0.3) is 0 Å². The van der Waals surface area contributed by atoms with E-state index in [1.54, 1.807) is 6.26 Å². The van der Waals surface area contributed by atoms with E-state index in [1.807, 2.05) is 0 Å². The molecule has 0 spiro atoms. The van der Waals surface area contributed by atoms with Crippen LogP contribution in [0.25, 0.3) is 11.5 Å². The number of halogens is 2. The second kappa shape index (κ2) is 6.99. The van der Waals surface area contributed by atoms with Crippen LogP contribution in [0.4, 0.5) is 8.78 Å².